The molecule has 0 aliphatic heterocycles. The molecule has 0 atom stereocenters. The maximum Gasteiger partial charge on any atom is 0.128 e. The number of aryl methyl sites for hydroxylation is 1. The third-order valence-electron chi connectivity index (χ3n) is 3.49. The molecule has 0 aliphatic carbocycles. The van der Waals surface area contributed by atoms with Crippen molar-refractivity contribution in [2.45, 2.75) is 19.8 Å². The minimum absolute atomic E-state index is 0.847. The number of benzene rings is 1. The first-order valence-corrected chi connectivity index (χ1v) is 8.24. The standard InChI is InChI=1S/C18H18N2OS/c1-3-7-15-14(9-6-11-19-15)18-20-16(12-22-18)13-8-4-5-10-17(13)21-2/h4-6,8-12H,3,7H2,1-2H3. The first-order valence-electron chi connectivity index (χ1n) is 7.36. The fraction of sp³-hybridized carbons (Fsp3) is 0.222. The first kappa shape index (κ1) is 14.7. The van der Waals surface area contributed by atoms with E-state index in [4.69, 9.17) is 9.72 Å². The summed E-state index contributed by atoms with van der Waals surface area (Å²) in [5.74, 6) is 0.847. The molecule has 0 aliphatic rings. The maximum absolute atomic E-state index is 5.43. The number of thiazole rings is 1. The van der Waals surface area contributed by atoms with Crippen molar-refractivity contribution in [1.29, 1.82) is 0 Å². The molecule has 0 unspecified atom stereocenters. The van der Waals surface area contributed by atoms with Gasteiger partial charge in [-0.2, -0.15) is 0 Å². The van der Waals surface area contributed by atoms with Crippen molar-refractivity contribution < 1.29 is 4.74 Å². The Kier molecular flexibility index (Phi) is 4.49. The molecule has 112 valence electrons. The molecule has 0 N–H and O–H groups in total. The maximum atomic E-state index is 5.43. The van der Waals surface area contributed by atoms with Crippen LogP contribution in [0.2, 0.25) is 0 Å². The molecule has 0 fully saturated rings. The van der Waals surface area contributed by atoms with Gasteiger partial charge in [-0.25, -0.2) is 4.98 Å². The van der Waals surface area contributed by atoms with E-state index in [-0.39, 0.29) is 0 Å². The SMILES string of the molecule is CCCc1ncccc1-c1nc(-c2ccccc2OC)cs1. The van der Waals surface area contributed by atoms with Gasteiger partial charge in [0.25, 0.3) is 0 Å². The lowest BCUT2D eigenvalue weighted by Gasteiger charge is -2.06. The van der Waals surface area contributed by atoms with Gasteiger partial charge in [-0.1, -0.05) is 25.5 Å². The Morgan fingerprint density at radius 1 is 1.09 bits per heavy atom. The van der Waals surface area contributed by atoms with Crippen molar-refractivity contribution in [2.75, 3.05) is 7.11 Å². The highest BCUT2D eigenvalue weighted by Crippen LogP contribution is 2.34. The molecule has 2 heterocycles. The highest BCUT2D eigenvalue weighted by molar-refractivity contribution is 7.13. The van der Waals surface area contributed by atoms with E-state index in [1.807, 2.05) is 36.5 Å². The first-order chi connectivity index (χ1) is 10.8. The van der Waals surface area contributed by atoms with Gasteiger partial charge in [-0.3, -0.25) is 4.98 Å². The molecule has 4 heteroatoms. The second-order valence-corrected chi connectivity index (χ2v) is 5.84. The fourth-order valence-corrected chi connectivity index (χ4v) is 3.31. The van der Waals surface area contributed by atoms with E-state index in [2.05, 4.69) is 23.4 Å². The van der Waals surface area contributed by atoms with Crippen LogP contribution in [0.15, 0.2) is 48.0 Å². The molecule has 0 saturated carbocycles. The molecule has 22 heavy (non-hydrogen) atoms. The zero-order valence-corrected chi connectivity index (χ0v) is 13.6. The average Bonchev–Trinajstić information content (AvgIpc) is 3.05. The molecule has 3 aromatic rings. The number of aromatic nitrogens is 2. The number of pyridine rings is 1. The summed E-state index contributed by atoms with van der Waals surface area (Å²) >= 11 is 1.65. The van der Waals surface area contributed by atoms with Crippen LogP contribution in [0.5, 0.6) is 5.75 Å². The van der Waals surface area contributed by atoms with E-state index in [9.17, 15) is 0 Å². The summed E-state index contributed by atoms with van der Waals surface area (Å²) < 4.78 is 5.43. The molecule has 1 aromatic carbocycles. The normalized spacial score (nSPS) is 10.6. The van der Waals surface area contributed by atoms with Gasteiger partial charge in [0.1, 0.15) is 10.8 Å². The van der Waals surface area contributed by atoms with Gasteiger partial charge in [0.2, 0.25) is 0 Å². The van der Waals surface area contributed by atoms with E-state index in [1.165, 1.54) is 0 Å². The van der Waals surface area contributed by atoms with E-state index in [1.54, 1.807) is 18.4 Å². The average molecular weight is 310 g/mol. The minimum atomic E-state index is 0.847. The van der Waals surface area contributed by atoms with Gasteiger partial charge in [0.15, 0.2) is 0 Å². The van der Waals surface area contributed by atoms with Crippen molar-refractivity contribution in [2.24, 2.45) is 0 Å². The van der Waals surface area contributed by atoms with E-state index >= 15 is 0 Å². The van der Waals surface area contributed by atoms with E-state index in [0.717, 1.165) is 46.1 Å². The quantitative estimate of drug-likeness (QED) is 0.677. The van der Waals surface area contributed by atoms with Crippen molar-refractivity contribution in [3.63, 3.8) is 0 Å². The van der Waals surface area contributed by atoms with Gasteiger partial charge in [0.05, 0.1) is 18.5 Å². The Morgan fingerprint density at radius 2 is 1.91 bits per heavy atom. The zero-order valence-electron chi connectivity index (χ0n) is 12.7. The van der Waals surface area contributed by atoms with Crippen molar-refractivity contribution in [3.05, 3.63) is 53.7 Å². The Bertz CT molecular complexity index is 767. The smallest absolute Gasteiger partial charge is 0.128 e. The van der Waals surface area contributed by atoms with Gasteiger partial charge in [-0.05, 0) is 30.7 Å². The van der Waals surface area contributed by atoms with Gasteiger partial charge >= 0.3 is 0 Å². The van der Waals surface area contributed by atoms with Gasteiger partial charge in [-0.15, -0.1) is 11.3 Å². The predicted octanol–water partition coefficient (Wildman–Crippen LogP) is 4.83. The molecule has 0 radical (unpaired) electrons. The molecular weight excluding hydrogens is 292 g/mol. The summed E-state index contributed by atoms with van der Waals surface area (Å²) in [5, 5.41) is 3.09. The third-order valence-corrected chi connectivity index (χ3v) is 4.37. The Hall–Kier alpha value is -2.20. The van der Waals surface area contributed by atoms with E-state index < -0.39 is 0 Å². The Balaban J connectivity index is 2.01. The van der Waals surface area contributed by atoms with E-state index in [0.29, 0.717) is 0 Å². The van der Waals surface area contributed by atoms with Crippen molar-refractivity contribution in [1.82, 2.24) is 9.97 Å². The van der Waals surface area contributed by atoms with Gasteiger partial charge < -0.3 is 4.74 Å². The van der Waals surface area contributed by atoms with Crippen LogP contribution >= 0.6 is 11.3 Å². The van der Waals surface area contributed by atoms with Crippen LogP contribution in [0.4, 0.5) is 0 Å². The van der Waals surface area contributed by atoms with Crippen LogP contribution in [0, 0.1) is 0 Å². The highest BCUT2D eigenvalue weighted by Gasteiger charge is 2.13. The monoisotopic (exact) mass is 310 g/mol. The van der Waals surface area contributed by atoms with Crippen molar-refractivity contribution in [3.8, 4) is 27.6 Å². The summed E-state index contributed by atoms with van der Waals surface area (Å²) in [7, 11) is 1.69. The van der Waals surface area contributed by atoms with Crippen LogP contribution in [-0.4, -0.2) is 17.1 Å². The van der Waals surface area contributed by atoms with Crippen LogP contribution in [-0.2, 0) is 6.42 Å². The third kappa shape index (κ3) is 2.88. The zero-order chi connectivity index (χ0) is 15.4. The van der Waals surface area contributed by atoms with Crippen LogP contribution < -0.4 is 4.74 Å². The molecule has 0 spiro atoms. The summed E-state index contributed by atoms with van der Waals surface area (Å²) in [5.41, 5.74) is 4.22. The topological polar surface area (TPSA) is 35.0 Å². The van der Waals surface area contributed by atoms with Crippen LogP contribution in [0.1, 0.15) is 19.0 Å². The molecule has 3 rings (SSSR count). The molecule has 0 bridgehead atoms. The predicted molar refractivity (Wildman–Crippen MR) is 91.3 cm³/mol. The summed E-state index contributed by atoms with van der Waals surface area (Å²) in [6, 6.07) is 12.0. The Morgan fingerprint density at radius 3 is 2.73 bits per heavy atom. The number of methoxy groups -OCH3 is 1. The number of hydrogen-bond donors (Lipinski definition) is 0. The number of ether oxygens (including phenoxy) is 1. The van der Waals surface area contributed by atoms with Crippen molar-refractivity contribution >= 4 is 11.3 Å². The second-order valence-electron chi connectivity index (χ2n) is 4.99. The summed E-state index contributed by atoms with van der Waals surface area (Å²) in [6.45, 7) is 2.17. The van der Waals surface area contributed by atoms with Crippen LogP contribution in [0.3, 0.4) is 0 Å². The molecule has 3 nitrogen and oxygen atoms in total. The number of hydrogen-bond acceptors (Lipinski definition) is 4. The number of nitrogens with zero attached hydrogens (tertiary/aromatic N) is 2. The molecule has 0 amide bonds. The second kappa shape index (κ2) is 6.71. The Labute approximate surface area is 134 Å². The number of para-hydroxylation sites is 1. The minimum Gasteiger partial charge on any atom is -0.496 e. The summed E-state index contributed by atoms with van der Waals surface area (Å²) in [4.78, 5) is 9.30. The summed E-state index contributed by atoms with van der Waals surface area (Å²) in [6.07, 6.45) is 3.90. The lowest BCUT2D eigenvalue weighted by Crippen LogP contribution is -1.93. The molecule has 0 saturated heterocycles. The molecule has 2 aromatic heterocycles. The van der Waals surface area contributed by atoms with Gasteiger partial charge in [0, 0.05) is 22.7 Å². The van der Waals surface area contributed by atoms with Crippen LogP contribution in [0.25, 0.3) is 21.8 Å². The fourth-order valence-electron chi connectivity index (χ4n) is 2.45. The number of rotatable bonds is 5. The lowest BCUT2D eigenvalue weighted by atomic mass is 10.1. The lowest BCUT2D eigenvalue weighted by molar-refractivity contribution is 0.416. The molecular formula is C18H18N2OS. The largest absolute Gasteiger partial charge is 0.496 e. The highest BCUT2D eigenvalue weighted by atomic mass is 32.1.